The Balaban J connectivity index is 2.38. The summed E-state index contributed by atoms with van der Waals surface area (Å²) in [6.45, 7) is 2.49. The number of anilines is 1. The van der Waals surface area contributed by atoms with Gasteiger partial charge in [0, 0.05) is 23.7 Å². The van der Waals surface area contributed by atoms with E-state index in [0.29, 0.717) is 23.7 Å². The fraction of sp³-hybridized carbons (Fsp3) is 0.333. The molecule has 16 heavy (non-hydrogen) atoms. The highest BCUT2D eigenvalue weighted by Gasteiger charge is 2.09. The monoisotopic (exact) mass is 242 g/mol. The van der Waals surface area contributed by atoms with Crippen LogP contribution in [-0.4, -0.2) is 25.0 Å². The van der Waals surface area contributed by atoms with Gasteiger partial charge in [0.15, 0.2) is 0 Å². The number of aryl methyl sites for hydroxylation is 1. The summed E-state index contributed by atoms with van der Waals surface area (Å²) in [4.78, 5) is 23.4. The Labute approximate surface area is 97.0 Å². The largest absolute Gasteiger partial charge is 0.398 e. The van der Waals surface area contributed by atoms with E-state index in [1.165, 1.54) is 11.3 Å². The van der Waals surface area contributed by atoms with E-state index < -0.39 is 6.03 Å². The molecule has 0 unspecified atom stereocenters. The van der Waals surface area contributed by atoms with Crippen molar-refractivity contribution in [2.75, 3.05) is 18.8 Å². The first-order valence-electron chi connectivity index (χ1n) is 4.68. The summed E-state index contributed by atoms with van der Waals surface area (Å²) in [5.41, 5.74) is 11.1. The smallest absolute Gasteiger partial charge is 0.312 e. The van der Waals surface area contributed by atoms with Gasteiger partial charge in [-0.1, -0.05) is 0 Å². The SMILES string of the molecule is Cc1sc(C(=O)NCCNC(N)=O)cc1N. The molecule has 6 nitrogen and oxygen atoms in total. The highest BCUT2D eigenvalue weighted by Crippen LogP contribution is 2.22. The molecule has 0 radical (unpaired) electrons. The number of carbonyl (C=O) groups excluding carboxylic acids is 2. The molecule has 1 aromatic rings. The van der Waals surface area contributed by atoms with Crippen molar-refractivity contribution in [3.05, 3.63) is 15.8 Å². The van der Waals surface area contributed by atoms with Crippen molar-refractivity contribution in [3.8, 4) is 0 Å². The molecule has 3 amide bonds. The molecule has 0 fully saturated rings. The number of amides is 3. The van der Waals surface area contributed by atoms with Crippen LogP contribution in [0.4, 0.5) is 10.5 Å². The van der Waals surface area contributed by atoms with Gasteiger partial charge in [0.25, 0.3) is 5.91 Å². The van der Waals surface area contributed by atoms with E-state index in [9.17, 15) is 9.59 Å². The zero-order valence-corrected chi connectivity index (χ0v) is 9.69. The van der Waals surface area contributed by atoms with Gasteiger partial charge in [-0.3, -0.25) is 4.79 Å². The van der Waals surface area contributed by atoms with Crippen molar-refractivity contribution in [2.24, 2.45) is 5.73 Å². The maximum absolute atomic E-state index is 11.6. The van der Waals surface area contributed by atoms with Crippen LogP contribution >= 0.6 is 11.3 Å². The second-order valence-electron chi connectivity index (χ2n) is 3.17. The lowest BCUT2D eigenvalue weighted by Gasteiger charge is -2.03. The van der Waals surface area contributed by atoms with Crippen molar-refractivity contribution in [3.63, 3.8) is 0 Å². The summed E-state index contributed by atoms with van der Waals surface area (Å²) >= 11 is 1.34. The van der Waals surface area contributed by atoms with E-state index in [2.05, 4.69) is 10.6 Å². The van der Waals surface area contributed by atoms with E-state index >= 15 is 0 Å². The maximum Gasteiger partial charge on any atom is 0.312 e. The van der Waals surface area contributed by atoms with Gasteiger partial charge in [-0.2, -0.15) is 0 Å². The predicted molar refractivity (Wildman–Crippen MR) is 63.4 cm³/mol. The van der Waals surface area contributed by atoms with Gasteiger partial charge >= 0.3 is 6.03 Å². The molecule has 0 saturated heterocycles. The number of nitrogens with one attached hydrogen (secondary N) is 2. The van der Waals surface area contributed by atoms with E-state index in [0.717, 1.165) is 4.88 Å². The topological polar surface area (TPSA) is 110 Å². The second kappa shape index (κ2) is 5.36. The Morgan fingerprint density at radius 2 is 2.00 bits per heavy atom. The lowest BCUT2D eigenvalue weighted by atomic mass is 10.3. The molecule has 0 saturated carbocycles. The number of carbonyl (C=O) groups is 2. The summed E-state index contributed by atoms with van der Waals surface area (Å²) in [6, 6.07) is 1.03. The molecular formula is C9H14N4O2S. The Morgan fingerprint density at radius 3 is 2.50 bits per heavy atom. The predicted octanol–water partition coefficient (Wildman–Crippen LogP) is 0.0368. The Hall–Kier alpha value is -1.76. The van der Waals surface area contributed by atoms with Gasteiger partial charge in [0.2, 0.25) is 0 Å². The minimum atomic E-state index is -0.606. The van der Waals surface area contributed by atoms with Crippen LogP contribution in [0.5, 0.6) is 0 Å². The van der Waals surface area contributed by atoms with Crippen molar-refractivity contribution in [1.29, 1.82) is 0 Å². The van der Waals surface area contributed by atoms with E-state index in [-0.39, 0.29) is 5.91 Å². The number of hydrogen-bond acceptors (Lipinski definition) is 4. The fourth-order valence-electron chi connectivity index (χ4n) is 1.06. The summed E-state index contributed by atoms with van der Waals surface area (Å²) in [7, 11) is 0. The number of nitrogens with two attached hydrogens (primary N) is 2. The Kier molecular flexibility index (Phi) is 4.12. The number of hydrogen-bond donors (Lipinski definition) is 4. The summed E-state index contributed by atoms with van der Waals surface area (Å²) in [6.07, 6.45) is 0. The number of urea groups is 1. The molecule has 88 valence electrons. The molecule has 1 rings (SSSR count). The van der Waals surface area contributed by atoms with Crippen molar-refractivity contribution >= 4 is 29.0 Å². The molecule has 1 aromatic heterocycles. The molecule has 0 aliphatic carbocycles. The van der Waals surface area contributed by atoms with Gasteiger partial charge in [-0.15, -0.1) is 11.3 Å². The van der Waals surface area contributed by atoms with E-state index in [1.54, 1.807) is 6.07 Å². The van der Waals surface area contributed by atoms with E-state index in [1.807, 2.05) is 6.92 Å². The molecule has 0 aromatic carbocycles. The summed E-state index contributed by atoms with van der Waals surface area (Å²) in [5.74, 6) is -0.198. The number of nitrogen functional groups attached to an aromatic ring is 1. The third-order valence-electron chi connectivity index (χ3n) is 1.89. The molecule has 1 heterocycles. The van der Waals surface area contributed by atoms with Crippen LogP contribution in [0.1, 0.15) is 14.5 Å². The normalized spacial score (nSPS) is 9.81. The average molecular weight is 242 g/mol. The Morgan fingerprint density at radius 1 is 1.38 bits per heavy atom. The van der Waals surface area contributed by atoms with Gasteiger partial charge in [-0.05, 0) is 13.0 Å². The first-order chi connectivity index (χ1) is 7.50. The minimum Gasteiger partial charge on any atom is -0.398 e. The van der Waals surface area contributed by atoms with E-state index in [4.69, 9.17) is 11.5 Å². The zero-order valence-electron chi connectivity index (χ0n) is 8.87. The summed E-state index contributed by atoms with van der Waals surface area (Å²) < 4.78 is 0. The fourth-order valence-corrected chi connectivity index (χ4v) is 1.91. The maximum atomic E-state index is 11.6. The van der Waals surface area contributed by atoms with Crippen LogP contribution in [0.3, 0.4) is 0 Å². The molecule has 0 aliphatic heterocycles. The molecule has 0 bridgehead atoms. The molecular weight excluding hydrogens is 228 g/mol. The lowest BCUT2D eigenvalue weighted by Crippen LogP contribution is -2.37. The molecule has 0 atom stereocenters. The van der Waals surface area contributed by atoms with Crippen molar-refractivity contribution in [1.82, 2.24) is 10.6 Å². The van der Waals surface area contributed by atoms with Gasteiger partial charge < -0.3 is 22.1 Å². The minimum absolute atomic E-state index is 0.198. The standard InChI is InChI=1S/C9H14N4O2S/c1-5-6(10)4-7(16-5)8(14)12-2-3-13-9(11)15/h4H,2-3,10H2,1H3,(H,12,14)(H3,11,13,15). The third kappa shape index (κ3) is 3.43. The lowest BCUT2D eigenvalue weighted by molar-refractivity contribution is 0.0958. The zero-order chi connectivity index (χ0) is 12.1. The van der Waals surface area contributed by atoms with Crippen LogP contribution in [0.15, 0.2) is 6.07 Å². The van der Waals surface area contributed by atoms with Gasteiger partial charge in [0.1, 0.15) is 0 Å². The first-order valence-corrected chi connectivity index (χ1v) is 5.49. The van der Waals surface area contributed by atoms with Crippen LogP contribution in [-0.2, 0) is 0 Å². The highest BCUT2D eigenvalue weighted by atomic mass is 32.1. The van der Waals surface area contributed by atoms with Crippen molar-refractivity contribution in [2.45, 2.75) is 6.92 Å². The van der Waals surface area contributed by atoms with Crippen molar-refractivity contribution < 1.29 is 9.59 Å². The number of primary amides is 1. The third-order valence-corrected chi connectivity index (χ3v) is 2.95. The molecule has 0 aliphatic rings. The van der Waals surface area contributed by atoms with Gasteiger partial charge in [-0.25, -0.2) is 4.79 Å². The van der Waals surface area contributed by atoms with Gasteiger partial charge in [0.05, 0.1) is 4.88 Å². The average Bonchev–Trinajstić information content (AvgIpc) is 2.54. The second-order valence-corrected chi connectivity index (χ2v) is 4.43. The quantitative estimate of drug-likeness (QED) is 0.559. The molecule has 0 spiro atoms. The number of rotatable bonds is 4. The van der Waals surface area contributed by atoms with Crippen LogP contribution in [0, 0.1) is 6.92 Å². The number of thiophene rings is 1. The highest BCUT2D eigenvalue weighted by molar-refractivity contribution is 7.14. The van der Waals surface area contributed by atoms with Crippen LogP contribution < -0.4 is 22.1 Å². The van der Waals surface area contributed by atoms with Crippen LogP contribution in [0.25, 0.3) is 0 Å². The summed E-state index contributed by atoms with van der Waals surface area (Å²) in [5, 5.41) is 5.01. The Bertz CT molecular complexity index is 383. The van der Waals surface area contributed by atoms with Crippen LogP contribution in [0.2, 0.25) is 0 Å². The molecule has 7 heteroatoms. The molecule has 6 N–H and O–H groups in total. The first kappa shape index (κ1) is 12.3.